The Kier molecular flexibility index (Phi) is 4.45. The Balaban J connectivity index is 1.96. The van der Waals surface area contributed by atoms with Crippen LogP contribution in [0.2, 0.25) is 0 Å². The van der Waals surface area contributed by atoms with Crippen LogP contribution >= 0.6 is 0 Å². The van der Waals surface area contributed by atoms with Crippen LogP contribution in [0.15, 0.2) is 36.4 Å². The van der Waals surface area contributed by atoms with Gasteiger partial charge in [-0.2, -0.15) is 0 Å². The molecule has 2 aromatic carbocycles. The van der Waals surface area contributed by atoms with Crippen molar-refractivity contribution in [3.05, 3.63) is 53.3 Å². The quantitative estimate of drug-likeness (QED) is 0.822. The van der Waals surface area contributed by atoms with Crippen LogP contribution in [0.3, 0.4) is 0 Å². The standard InChI is InChI=1S/C16H19FN2O/c1-11-9-13(17)4-3-12(11)7-8-19-16-6-5-14(20-2)10-15(16)18/h3-6,9-10,19H,7-8,18H2,1-2H3. The molecule has 2 aromatic rings. The number of hydrogen-bond donors (Lipinski definition) is 2. The summed E-state index contributed by atoms with van der Waals surface area (Å²) < 4.78 is 18.1. The van der Waals surface area contributed by atoms with E-state index >= 15 is 0 Å². The Morgan fingerprint density at radius 3 is 2.65 bits per heavy atom. The van der Waals surface area contributed by atoms with E-state index in [1.165, 1.54) is 6.07 Å². The lowest BCUT2D eigenvalue weighted by Crippen LogP contribution is -2.08. The molecule has 2 rings (SSSR count). The number of halogens is 1. The van der Waals surface area contributed by atoms with E-state index in [1.807, 2.05) is 25.1 Å². The van der Waals surface area contributed by atoms with E-state index in [-0.39, 0.29) is 5.82 Å². The van der Waals surface area contributed by atoms with Gasteiger partial charge in [0.2, 0.25) is 0 Å². The molecule has 0 spiro atoms. The minimum absolute atomic E-state index is 0.196. The summed E-state index contributed by atoms with van der Waals surface area (Å²) in [6.07, 6.45) is 0.817. The molecule has 0 fully saturated rings. The molecule has 0 unspecified atom stereocenters. The predicted molar refractivity (Wildman–Crippen MR) is 80.7 cm³/mol. The molecule has 4 heteroatoms. The second-order valence-electron chi connectivity index (χ2n) is 4.70. The smallest absolute Gasteiger partial charge is 0.123 e. The molecular weight excluding hydrogens is 255 g/mol. The van der Waals surface area contributed by atoms with Gasteiger partial charge in [-0.15, -0.1) is 0 Å². The van der Waals surface area contributed by atoms with Crippen molar-refractivity contribution in [3.8, 4) is 5.75 Å². The Morgan fingerprint density at radius 2 is 2.00 bits per heavy atom. The summed E-state index contributed by atoms with van der Waals surface area (Å²) in [5.74, 6) is 0.543. The van der Waals surface area contributed by atoms with E-state index in [1.54, 1.807) is 19.2 Å². The Bertz CT molecular complexity index is 599. The summed E-state index contributed by atoms with van der Waals surface area (Å²) in [6, 6.07) is 10.4. The van der Waals surface area contributed by atoms with Crippen molar-refractivity contribution in [2.75, 3.05) is 24.7 Å². The van der Waals surface area contributed by atoms with Crippen LogP contribution in [-0.2, 0) is 6.42 Å². The molecule has 3 nitrogen and oxygen atoms in total. The number of hydrogen-bond acceptors (Lipinski definition) is 3. The van der Waals surface area contributed by atoms with Gasteiger partial charge in [-0.25, -0.2) is 4.39 Å². The van der Waals surface area contributed by atoms with E-state index in [2.05, 4.69) is 5.32 Å². The second-order valence-corrected chi connectivity index (χ2v) is 4.70. The average molecular weight is 274 g/mol. The van der Waals surface area contributed by atoms with Crippen LogP contribution in [0.4, 0.5) is 15.8 Å². The van der Waals surface area contributed by atoms with E-state index < -0.39 is 0 Å². The van der Waals surface area contributed by atoms with Crippen molar-refractivity contribution in [2.24, 2.45) is 0 Å². The summed E-state index contributed by atoms with van der Waals surface area (Å²) in [5, 5.41) is 3.28. The molecule has 0 saturated carbocycles. The zero-order valence-electron chi connectivity index (χ0n) is 11.7. The lowest BCUT2D eigenvalue weighted by atomic mass is 10.1. The van der Waals surface area contributed by atoms with Gasteiger partial charge in [-0.05, 0) is 48.7 Å². The van der Waals surface area contributed by atoms with Crippen LogP contribution in [0.25, 0.3) is 0 Å². The monoisotopic (exact) mass is 274 g/mol. The highest BCUT2D eigenvalue weighted by atomic mass is 19.1. The summed E-state index contributed by atoms with van der Waals surface area (Å²) in [4.78, 5) is 0. The summed E-state index contributed by atoms with van der Waals surface area (Å²) >= 11 is 0. The molecule has 0 bridgehead atoms. The third kappa shape index (κ3) is 3.41. The van der Waals surface area contributed by atoms with Crippen LogP contribution in [0.1, 0.15) is 11.1 Å². The third-order valence-electron chi connectivity index (χ3n) is 3.27. The molecule has 106 valence electrons. The average Bonchev–Trinajstić information content (AvgIpc) is 2.42. The minimum atomic E-state index is -0.196. The number of methoxy groups -OCH3 is 1. The largest absolute Gasteiger partial charge is 0.497 e. The lowest BCUT2D eigenvalue weighted by Gasteiger charge is -2.11. The Labute approximate surface area is 118 Å². The molecule has 0 amide bonds. The number of nitrogen functional groups attached to an aromatic ring is 1. The molecular formula is C16H19FN2O. The number of aryl methyl sites for hydroxylation is 1. The fraction of sp³-hybridized carbons (Fsp3) is 0.250. The van der Waals surface area contributed by atoms with E-state index in [4.69, 9.17) is 10.5 Å². The highest BCUT2D eigenvalue weighted by Crippen LogP contribution is 2.24. The van der Waals surface area contributed by atoms with Gasteiger partial charge in [0, 0.05) is 12.6 Å². The number of nitrogens with two attached hydrogens (primary N) is 1. The summed E-state index contributed by atoms with van der Waals surface area (Å²) in [5.41, 5.74) is 9.56. The maximum atomic E-state index is 13.0. The maximum absolute atomic E-state index is 13.0. The second kappa shape index (κ2) is 6.28. The van der Waals surface area contributed by atoms with Gasteiger partial charge < -0.3 is 15.8 Å². The normalized spacial score (nSPS) is 10.3. The molecule has 0 atom stereocenters. The maximum Gasteiger partial charge on any atom is 0.123 e. The Hall–Kier alpha value is -2.23. The molecule has 0 aromatic heterocycles. The van der Waals surface area contributed by atoms with Crippen molar-refractivity contribution in [1.29, 1.82) is 0 Å². The highest BCUT2D eigenvalue weighted by Gasteiger charge is 2.03. The van der Waals surface area contributed by atoms with Crippen LogP contribution < -0.4 is 15.8 Å². The Morgan fingerprint density at radius 1 is 1.20 bits per heavy atom. The van der Waals surface area contributed by atoms with E-state index in [0.717, 1.165) is 35.5 Å². The van der Waals surface area contributed by atoms with Gasteiger partial charge in [0.25, 0.3) is 0 Å². The zero-order chi connectivity index (χ0) is 14.5. The summed E-state index contributed by atoms with van der Waals surface area (Å²) in [7, 11) is 1.61. The number of benzene rings is 2. The molecule has 0 saturated heterocycles. The zero-order valence-corrected chi connectivity index (χ0v) is 11.7. The topological polar surface area (TPSA) is 47.3 Å². The SMILES string of the molecule is COc1ccc(NCCc2ccc(F)cc2C)c(N)c1. The number of rotatable bonds is 5. The van der Waals surface area contributed by atoms with Crippen LogP contribution in [0.5, 0.6) is 5.75 Å². The van der Waals surface area contributed by atoms with E-state index in [9.17, 15) is 4.39 Å². The molecule has 0 heterocycles. The van der Waals surface area contributed by atoms with Gasteiger partial charge in [-0.1, -0.05) is 6.07 Å². The summed E-state index contributed by atoms with van der Waals surface area (Å²) in [6.45, 7) is 2.66. The number of ether oxygens (including phenoxy) is 1. The van der Waals surface area contributed by atoms with Crippen molar-refractivity contribution < 1.29 is 9.13 Å². The molecule has 0 aliphatic rings. The lowest BCUT2D eigenvalue weighted by molar-refractivity contribution is 0.415. The van der Waals surface area contributed by atoms with Gasteiger partial charge >= 0.3 is 0 Å². The van der Waals surface area contributed by atoms with Gasteiger partial charge in [-0.3, -0.25) is 0 Å². The van der Waals surface area contributed by atoms with E-state index in [0.29, 0.717) is 5.69 Å². The molecule has 0 radical (unpaired) electrons. The third-order valence-corrected chi connectivity index (χ3v) is 3.27. The predicted octanol–water partition coefficient (Wildman–Crippen LogP) is 3.38. The van der Waals surface area contributed by atoms with Gasteiger partial charge in [0.05, 0.1) is 18.5 Å². The van der Waals surface area contributed by atoms with Crippen molar-refractivity contribution in [3.63, 3.8) is 0 Å². The molecule has 3 N–H and O–H groups in total. The van der Waals surface area contributed by atoms with Gasteiger partial charge in [0.1, 0.15) is 11.6 Å². The van der Waals surface area contributed by atoms with Gasteiger partial charge in [0.15, 0.2) is 0 Å². The first-order valence-corrected chi connectivity index (χ1v) is 6.52. The van der Waals surface area contributed by atoms with Crippen molar-refractivity contribution in [2.45, 2.75) is 13.3 Å². The van der Waals surface area contributed by atoms with Crippen molar-refractivity contribution >= 4 is 11.4 Å². The first kappa shape index (κ1) is 14.2. The number of nitrogens with one attached hydrogen (secondary N) is 1. The fourth-order valence-electron chi connectivity index (χ4n) is 2.10. The minimum Gasteiger partial charge on any atom is -0.497 e. The fourth-order valence-corrected chi connectivity index (χ4v) is 2.10. The first-order valence-electron chi connectivity index (χ1n) is 6.52. The molecule has 0 aliphatic heterocycles. The van der Waals surface area contributed by atoms with Crippen molar-refractivity contribution in [1.82, 2.24) is 0 Å². The van der Waals surface area contributed by atoms with Crippen LogP contribution in [0, 0.1) is 12.7 Å². The highest BCUT2D eigenvalue weighted by molar-refractivity contribution is 5.68. The molecule has 20 heavy (non-hydrogen) atoms. The number of anilines is 2. The first-order chi connectivity index (χ1) is 9.60. The molecule has 0 aliphatic carbocycles. The van der Waals surface area contributed by atoms with Crippen LogP contribution in [-0.4, -0.2) is 13.7 Å².